The maximum absolute atomic E-state index is 11.8. The Morgan fingerprint density at radius 3 is 2.59 bits per heavy atom. The van der Waals surface area contributed by atoms with Gasteiger partial charge in [0.2, 0.25) is 0 Å². The highest BCUT2D eigenvalue weighted by Crippen LogP contribution is 2.11. The van der Waals surface area contributed by atoms with Crippen LogP contribution in [0.25, 0.3) is 0 Å². The topological polar surface area (TPSA) is 58.6 Å². The maximum atomic E-state index is 11.8. The molecule has 5 nitrogen and oxygen atoms in total. The highest BCUT2D eigenvalue weighted by Gasteiger charge is 2.22. The number of nitrogens with zero attached hydrogens (tertiary/aromatic N) is 1. The van der Waals surface area contributed by atoms with Crippen LogP contribution in [0.3, 0.4) is 0 Å². The molecule has 0 amide bonds. The molecule has 0 bridgehead atoms. The lowest BCUT2D eigenvalue weighted by molar-refractivity contribution is 0.161. The van der Waals surface area contributed by atoms with Crippen molar-refractivity contribution in [3.05, 3.63) is 12.2 Å². The largest absolute Gasteiger partial charge is 0.376 e. The molecule has 1 aliphatic heterocycles. The van der Waals surface area contributed by atoms with Crippen LogP contribution >= 0.6 is 0 Å². The molecule has 1 heterocycles. The minimum atomic E-state index is -3.30. The van der Waals surface area contributed by atoms with Crippen LogP contribution in [-0.4, -0.2) is 45.6 Å². The number of ether oxygens (including phenoxy) is 1. The van der Waals surface area contributed by atoms with Gasteiger partial charge >= 0.3 is 0 Å². The molecule has 0 atom stereocenters. The summed E-state index contributed by atoms with van der Waals surface area (Å²) in [5.41, 5.74) is 0.934. The molecule has 1 N–H and O–H groups in total. The maximum Gasteiger partial charge on any atom is 0.279 e. The molecule has 17 heavy (non-hydrogen) atoms. The third kappa shape index (κ3) is 5.63. The summed E-state index contributed by atoms with van der Waals surface area (Å²) >= 11 is 0. The number of piperidine rings is 1. The molecule has 1 rings (SSSR count). The standard InChI is InChI=1S/C11H22N2O3S/c1-11(2)10-16-9-6-12-17(14,15)13-7-4-3-5-8-13/h12H,1,3-10H2,2H3. The second-order valence-corrected chi connectivity index (χ2v) is 6.12. The molecule has 6 heteroatoms. The van der Waals surface area contributed by atoms with Gasteiger partial charge in [0, 0.05) is 19.6 Å². The van der Waals surface area contributed by atoms with Crippen LogP contribution in [-0.2, 0) is 14.9 Å². The quantitative estimate of drug-likeness (QED) is 0.548. The van der Waals surface area contributed by atoms with E-state index in [1.54, 1.807) is 0 Å². The van der Waals surface area contributed by atoms with Gasteiger partial charge in [-0.25, -0.2) is 0 Å². The van der Waals surface area contributed by atoms with Gasteiger partial charge in [0.15, 0.2) is 0 Å². The van der Waals surface area contributed by atoms with E-state index in [-0.39, 0.29) is 0 Å². The molecule has 0 unspecified atom stereocenters. The predicted molar refractivity (Wildman–Crippen MR) is 68.0 cm³/mol. The molecule has 1 saturated heterocycles. The molecule has 0 aliphatic carbocycles. The molecule has 0 aromatic heterocycles. The zero-order valence-electron chi connectivity index (χ0n) is 10.4. The molecular weight excluding hydrogens is 240 g/mol. The van der Waals surface area contributed by atoms with Gasteiger partial charge in [0.1, 0.15) is 0 Å². The van der Waals surface area contributed by atoms with Gasteiger partial charge in [-0.15, -0.1) is 0 Å². The van der Waals surface area contributed by atoms with Crippen molar-refractivity contribution in [2.75, 3.05) is 32.8 Å². The lowest BCUT2D eigenvalue weighted by atomic mass is 10.2. The van der Waals surface area contributed by atoms with Crippen LogP contribution in [0.2, 0.25) is 0 Å². The fourth-order valence-corrected chi connectivity index (χ4v) is 2.95. The Labute approximate surface area is 104 Å². The lowest BCUT2D eigenvalue weighted by Gasteiger charge is -2.25. The Morgan fingerprint density at radius 2 is 2.00 bits per heavy atom. The van der Waals surface area contributed by atoms with Crippen LogP contribution in [0, 0.1) is 0 Å². The van der Waals surface area contributed by atoms with Crippen molar-refractivity contribution < 1.29 is 13.2 Å². The highest BCUT2D eigenvalue weighted by atomic mass is 32.2. The monoisotopic (exact) mass is 262 g/mol. The second kappa shape index (κ2) is 7.10. The van der Waals surface area contributed by atoms with E-state index in [0.717, 1.165) is 24.8 Å². The zero-order valence-corrected chi connectivity index (χ0v) is 11.3. The van der Waals surface area contributed by atoms with Gasteiger partial charge in [0.05, 0.1) is 13.2 Å². The Hall–Kier alpha value is -0.430. The van der Waals surface area contributed by atoms with Crippen molar-refractivity contribution in [1.29, 1.82) is 0 Å². The molecule has 1 aliphatic rings. The van der Waals surface area contributed by atoms with Gasteiger partial charge in [-0.05, 0) is 19.8 Å². The van der Waals surface area contributed by atoms with E-state index >= 15 is 0 Å². The molecule has 0 spiro atoms. The number of hydrogen-bond acceptors (Lipinski definition) is 3. The summed E-state index contributed by atoms with van der Waals surface area (Å²) in [5.74, 6) is 0. The van der Waals surface area contributed by atoms with Gasteiger partial charge in [0.25, 0.3) is 10.2 Å². The third-order valence-electron chi connectivity index (χ3n) is 2.53. The Kier molecular flexibility index (Phi) is 6.11. The van der Waals surface area contributed by atoms with Crippen LogP contribution in [0.4, 0.5) is 0 Å². The highest BCUT2D eigenvalue weighted by molar-refractivity contribution is 7.87. The predicted octanol–water partition coefficient (Wildman–Crippen LogP) is 0.899. The van der Waals surface area contributed by atoms with E-state index in [0.29, 0.717) is 32.8 Å². The fraction of sp³-hybridized carbons (Fsp3) is 0.818. The summed E-state index contributed by atoms with van der Waals surface area (Å²) in [6.07, 6.45) is 3.02. The summed E-state index contributed by atoms with van der Waals surface area (Å²) in [4.78, 5) is 0. The minimum Gasteiger partial charge on any atom is -0.376 e. The summed E-state index contributed by atoms with van der Waals surface area (Å²) in [7, 11) is -3.30. The Bertz CT molecular complexity index is 335. The fourth-order valence-electron chi connectivity index (χ4n) is 1.69. The van der Waals surface area contributed by atoms with Crippen molar-refractivity contribution in [2.24, 2.45) is 0 Å². The average Bonchev–Trinajstić information content (AvgIpc) is 2.29. The first-order valence-corrected chi connectivity index (χ1v) is 7.43. The van der Waals surface area contributed by atoms with Crippen LogP contribution in [0.15, 0.2) is 12.2 Å². The Balaban J connectivity index is 2.22. The summed E-state index contributed by atoms with van der Waals surface area (Å²) in [5, 5.41) is 0. The lowest BCUT2D eigenvalue weighted by Crippen LogP contribution is -2.44. The zero-order chi connectivity index (χ0) is 12.7. The summed E-state index contributed by atoms with van der Waals surface area (Å²) in [6.45, 7) is 7.99. The minimum absolute atomic E-state index is 0.312. The van der Waals surface area contributed by atoms with E-state index in [4.69, 9.17) is 4.74 Å². The molecule has 1 fully saturated rings. The summed E-state index contributed by atoms with van der Waals surface area (Å²) < 4.78 is 32.9. The normalized spacial score (nSPS) is 18.2. The molecule has 0 aromatic carbocycles. The molecule has 100 valence electrons. The van der Waals surface area contributed by atoms with Gasteiger partial charge in [-0.2, -0.15) is 17.4 Å². The van der Waals surface area contributed by atoms with Gasteiger partial charge < -0.3 is 4.74 Å². The molecule has 0 radical (unpaired) electrons. The molecular formula is C11H22N2O3S. The number of nitrogens with one attached hydrogen (secondary N) is 1. The van der Waals surface area contributed by atoms with E-state index < -0.39 is 10.2 Å². The average molecular weight is 262 g/mol. The molecule has 0 aromatic rings. The SMILES string of the molecule is C=C(C)COCCNS(=O)(=O)N1CCCCC1. The van der Waals surface area contributed by atoms with Crippen LogP contribution < -0.4 is 4.72 Å². The van der Waals surface area contributed by atoms with Gasteiger partial charge in [-0.3, -0.25) is 0 Å². The van der Waals surface area contributed by atoms with Crippen molar-refractivity contribution in [3.8, 4) is 0 Å². The number of rotatable bonds is 7. The van der Waals surface area contributed by atoms with Crippen molar-refractivity contribution in [1.82, 2.24) is 9.03 Å². The van der Waals surface area contributed by atoms with Crippen LogP contribution in [0.1, 0.15) is 26.2 Å². The van der Waals surface area contributed by atoms with E-state index in [1.807, 2.05) is 6.92 Å². The van der Waals surface area contributed by atoms with Gasteiger partial charge in [-0.1, -0.05) is 18.6 Å². The van der Waals surface area contributed by atoms with Crippen molar-refractivity contribution in [2.45, 2.75) is 26.2 Å². The van der Waals surface area contributed by atoms with E-state index in [2.05, 4.69) is 11.3 Å². The first-order chi connectivity index (χ1) is 8.02. The first kappa shape index (κ1) is 14.6. The first-order valence-electron chi connectivity index (χ1n) is 5.99. The third-order valence-corrected chi connectivity index (χ3v) is 4.15. The van der Waals surface area contributed by atoms with E-state index in [1.165, 1.54) is 4.31 Å². The number of hydrogen-bond donors (Lipinski definition) is 1. The summed E-state index contributed by atoms with van der Waals surface area (Å²) in [6, 6.07) is 0. The van der Waals surface area contributed by atoms with Crippen molar-refractivity contribution in [3.63, 3.8) is 0 Å². The van der Waals surface area contributed by atoms with E-state index in [9.17, 15) is 8.42 Å². The Morgan fingerprint density at radius 1 is 1.35 bits per heavy atom. The smallest absolute Gasteiger partial charge is 0.279 e. The van der Waals surface area contributed by atoms with Crippen molar-refractivity contribution >= 4 is 10.2 Å². The second-order valence-electron chi connectivity index (χ2n) is 4.37. The van der Waals surface area contributed by atoms with Crippen LogP contribution in [0.5, 0.6) is 0 Å². The molecule has 0 saturated carbocycles.